The molecule has 4 heteroatoms. The van der Waals surface area contributed by atoms with Crippen LogP contribution in [0.4, 0.5) is 0 Å². The number of benzene rings is 5. The lowest BCUT2D eigenvalue weighted by atomic mass is 10.0. The van der Waals surface area contributed by atoms with E-state index in [4.69, 9.17) is 4.98 Å². The average Bonchev–Trinajstić information content (AvgIpc) is 3.51. The molecule has 40 heavy (non-hydrogen) atoms. The molecule has 7 aromatic rings. The second-order valence-corrected chi connectivity index (χ2v) is 11.6. The predicted molar refractivity (Wildman–Crippen MR) is 168 cm³/mol. The van der Waals surface area contributed by atoms with Gasteiger partial charge in [-0.05, 0) is 85.0 Å². The van der Waals surface area contributed by atoms with E-state index < -0.39 is 0 Å². The van der Waals surface area contributed by atoms with Crippen LogP contribution in [-0.2, 0) is 7.05 Å². The third-order valence-electron chi connectivity index (χ3n) is 7.92. The molecule has 0 radical (unpaired) electrons. The van der Waals surface area contributed by atoms with E-state index in [-0.39, 0.29) is 0 Å². The third kappa shape index (κ3) is 3.95. The summed E-state index contributed by atoms with van der Waals surface area (Å²) in [5.41, 5.74) is 13.2. The van der Waals surface area contributed by atoms with Gasteiger partial charge in [0.25, 0.3) is 5.82 Å². The summed E-state index contributed by atoms with van der Waals surface area (Å²) in [4.78, 5) is 5.09. The molecule has 194 valence electrons. The lowest BCUT2D eigenvalue weighted by Gasteiger charge is -2.08. The molecule has 2 heterocycles. The molecule has 0 aliphatic carbocycles. The van der Waals surface area contributed by atoms with E-state index >= 15 is 0 Å². The lowest BCUT2D eigenvalue weighted by Crippen LogP contribution is -2.30. The summed E-state index contributed by atoms with van der Waals surface area (Å²) in [7, 11) is 2.17. The molecule has 0 unspecified atom stereocenters. The van der Waals surface area contributed by atoms with Crippen molar-refractivity contribution in [3.05, 3.63) is 126 Å². The second kappa shape index (κ2) is 9.58. The van der Waals surface area contributed by atoms with E-state index in [1.165, 1.54) is 54.7 Å². The maximum atomic E-state index is 5.09. The Morgan fingerprint density at radius 2 is 1.35 bits per heavy atom. The number of imidazole rings is 1. The van der Waals surface area contributed by atoms with Crippen molar-refractivity contribution in [3.63, 3.8) is 0 Å². The van der Waals surface area contributed by atoms with Crippen molar-refractivity contribution in [1.29, 1.82) is 0 Å². The molecule has 0 atom stereocenters. The van der Waals surface area contributed by atoms with Crippen molar-refractivity contribution in [2.75, 3.05) is 0 Å². The molecule has 0 N–H and O–H groups in total. The van der Waals surface area contributed by atoms with Crippen molar-refractivity contribution in [1.82, 2.24) is 9.55 Å². The van der Waals surface area contributed by atoms with Crippen LogP contribution in [0.15, 0.2) is 109 Å². The number of aromatic nitrogens is 3. The normalized spacial score (nSPS) is 11.5. The molecule has 0 amide bonds. The summed E-state index contributed by atoms with van der Waals surface area (Å²) in [6.45, 7) is 6.55. The molecule has 0 aliphatic rings. The van der Waals surface area contributed by atoms with Gasteiger partial charge in [0.2, 0.25) is 0 Å². The van der Waals surface area contributed by atoms with Gasteiger partial charge in [0.1, 0.15) is 10.7 Å². The van der Waals surface area contributed by atoms with Gasteiger partial charge in [-0.3, -0.25) is 0 Å². The quantitative estimate of drug-likeness (QED) is 0.206. The molecule has 0 saturated carbocycles. The number of para-hydroxylation sites is 2. The van der Waals surface area contributed by atoms with Gasteiger partial charge in [-0.2, -0.15) is 4.57 Å². The van der Waals surface area contributed by atoms with Crippen molar-refractivity contribution < 1.29 is 4.57 Å². The van der Waals surface area contributed by atoms with E-state index in [2.05, 4.69) is 146 Å². The van der Waals surface area contributed by atoms with Gasteiger partial charge in [-0.25, -0.2) is 9.55 Å². The Morgan fingerprint density at radius 3 is 2.10 bits per heavy atom. The molecule has 0 saturated heterocycles. The Bertz CT molecular complexity index is 2010. The number of hydrogen-bond donors (Lipinski definition) is 0. The molecular formula is C36H30N3S+. The maximum absolute atomic E-state index is 5.09. The molecule has 5 aromatic carbocycles. The zero-order chi connectivity index (χ0) is 27.4. The second-order valence-electron chi connectivity index (χ2n) is 10.5. The van der Waals surface area contributed by atoms with Crippen LogP contribution in [0.2, 0.25) is 0 Å². The fourth-order valence-corrected chi connectivity index (χ4v) is 7.05. The highest BCUT2D eigenvalue weighted by Crippen LogP contribution is 2.38. The Morgan fingerprint density at radius 1 is 0.675 bits per heavy atom. The number of hydrogen-bond acceptors (Lipinski definition) is 2. The van der Waals surface area contributed by atoms with E-state index in [1.807, 2.05) is 0 Å². The SMILES string of the molecule is Cc1cc2nc(-c3c(C)cccc3C)sc2cc1-c1n(-c2ccc(-c3ccccc3)cc2)c2ccccc2[n+]1C. The minimum absolute atomic E-state index is 1.06. The fraction of sp³-hybridized carbons (Fsp3) is 0.111. The van der Waals surface area contributed by atoms with Crippen LogP contribution in [0.1, 0.15) is 16.7 Å². The summed E-state index contributed by atoms with van der Waals surface area (Å²) < 4.78 is 5.92. The van der Waals surface area contributed by atoms with Crippen LogP contribution in [-0.4, -0.2) is 9.55 Å². The first-order chi connectivity index (χ1) is 19.5. The van der Waals surface area contributed by atoms with Crippen LogP contribution in [0.5, 0.6) is 0 Å². The summed E-state index contributed by atoms with van der Waals surface area (Å²) in [5.74, 6) is 1.16. The summed E-state index contributed by atoms with van der Waals surface area (Å²) in [6.07, 6.45) is 0. The number of rotatable bonds is 4. The van der Waals surface area contributed by atoms with E-state index in [1.54, 1.807) is 11.3 Å². The Labute approximate surface area is 238 Å². The number of fused-ring (bicyclic) bond motifs is 2. The summed E-state index contributed by atoms with van der Waals surface area (Å²) >= 11 is 1.78. The van der Waals surface area contributed by atoms with Crippen molar-refractivity contribution in [3.8, 4) is 38.8 Å². The molecule has 0 fully saturated rings. The molecule has 0 aliphatic heterocycles. The Balaban J connectivity index is 1.43. The van der Waals surface area contributed by atoms with Crippen LogP contribution >= 0.6 is 11.3 Å². The number of thiazole rings is 1. The molecule has 0 spiro atoms. The zero-order valence-corrected chi connectivity index (χ0v) is 24.0. The first-order valence-corrected chi connectivity index (χ1v) is 14.4. The lowest BCUT2D eigenvalue weighted by molar-refractivity contribution is -0.633. The van der Waals surface area contributed by atoms with Crippen LogP contribution in [0.25, 0.3) is 60.0 Å². The summed E-state index contributed by atoms with van der Waals surface area (Å²) in [6, 6.07) is 39.2. The molecule has 7 rings (SSSR count). The fourth-order valence-electron chi connectivity index (χ4n) is 5.89. The first-order valence-electron chi connectivity index (χ1n) is 13.6. The predicted octanol–water partition coefficient (Wildman–Crippen LogP) is 8.99. The van der Waals surface area contributed by atoms with E-state index in [9.17, 15) is 0 Å². The van der Waals surface area contributed by atoms with Crippen molar-refractivity contribution in [2.45, 2.75) is 20.8 Å². The largest absolute Gasteiger partial charge is 0.295 e. The van der Waals surface area contributed by atoms with Gasteiger partial charge in [-0.15, -0.1) is 11.3 Å². The molecule has 2 aromatic heterocycles. The van der Waals surface area contributed by atoms with Gasteiger partial charge in [0, 0.05) is 5.56 Å². The minimum Gasteiger partial charge on any atom is -0.236 e. The standard InChI is InChI=1S/C36H30N3S/c1-23-11-10-12-24(2)34(23)35-37-30-21-25(3)29(22-33(30)40-35)36-38(4)31-15-8-9-16-32(31)39(36)28-19-17-27(18-20-28)26-13-6-5-7-14-26/h5-22H,1-4H3/q+1. The molecule has 3 nitrogen and oxygen atoms in total. The van der Waals surface area contributed by atoms with Gasteiger partial charge in [-0.1, -0.05) is 72.8 Å². The number of aryl methyl sites for hydroxylation is 4. The van der Waals surface area contributed by atoms with Crippen molar-refractivity contribution >= 4 is 32.6 Å². The van der Waals surface area contributed by atoms with Gasteiger partial charge in [0.15, 0.2) is 11.0 Å². The van der Waals surface area contributed by atoms with Gasteiger partial charge >= 0.3 is 0 Å². The smallest absolute Gasteiger partial charge is 0.236 e. The van der Waals surface area contributed by atoms with Crippen LogP contribution in [0.3, 0.4) is 0 Å². The summed E-state index contributed by atoms with van der Waals surface area (Å²) in [5, 5.41) is 1.09. The first kappa shape index (κ1) is 24.5. The monoisotopic (exact) mass is 536 g/mol. The van der Waals surface area contributed by atoms with Crippen LogP contribution in [0, 0.1) is 20.8 Å². The van der Waals surface area contributed by atoms with Gasteiger partial charge in [0.05, 0.1) is 22.8 Å². The highest BCUT2D eigenvalue weighted by atomic mass is 32.1. The number of nitrogens with zero attached hydrogens (tertiary/aromatic N) is 3. The maximum Gasteiger partial charge on any atom is 0.295 e. The van der Waals surface area contributed by atoms with E-state index in [0.717, 1.165) is 22.0 Å². The Hall–Kier alpha value is -4.54. The van der Waals surface area contributed by atoms with Crippen molar-refractivity contribution in [2.24, 2.45) is 7.05 Å². The molecular weight excluding hydrogens is 506 g/mol. The highest BCUT2D eigenvalue weighted by molar-refractivity contribution is 7.21. The molecule has 0 bridgehead atoms. The van der Waals surface area contributed by atoms with Gasteiger partial charge < -0.3 is 0 Å². The van der Waals surface area contributed by atoms with Crippen LogP contribution < -0.4 is 4.57 Å². The topological polar surface area (TPSA) is 21.7 Å². The minimum atomic E-state index is 1.06. The van der Waals surface area contributed by atoms with E-state index in [0.29, 0.717) is 0 Å². The highest BCUT2D eigenvalue weighted by Gasteiger charge is 2.27. The Kier molecular flexibility index (Phi) is 5.87. The zero-order valence-electron chi connectivity index (χ0n) is 23.1. The third-order valence-corrected chi connectivity index (χ3v) is 8.95. The average molecular weight is 537 g/mol.